The van der Waals surface area contributed by atoms with Crippen LogP contribution >= 0.6 is 50.8 Å². The topological polar surface area (TPSA) is 78.9 Å². The summed E-state index contributed by atoms with van der Waals surface area (Å²) in [6, 6.07) is 4.27. The second-order valence-electron chi connectivity index (χ2n) is 7.19. The van der Waals surface area contributed by atoms with Gasteiger partial charge >= 0.3 is 0 Å². The molecule has 0 unspecified atom stereocenters. The van der Waals surface area contributed by atoms with Crippen LogP contribution in [0.25, 0.3) is 16.3 Å². The van der Waals surface area contributed by atoms with Crippen molar-refractivity contribution in [2.24, 2.45) is 0 Å². The van der Waals surface area contributed by atoms with Gasteiger partial charge in [-0.3, -0.25) is 9.12 Å². The molecule has 144 valence electrons. The van der Waals surface area contributed by atoms with Crippen LogP contribution in [0.2, 0.25) is 5.15 Å². The highest BCUT2D eigenvalue weighted by molar-refractivity contribution is 9.10. The van der Waals surface area contributed by atoms with Gasteiger partial charge in [-0.05, 0) is 59.6 Å². The van der Waals surface area contributed by atoms with Crippen LogP contribution in [0.4, 0.5) is 4.39 Å². The van der Waals surface area contributed by atoms with E-state index in [2.05, 4.69) is 41.9 Å². The van der Waals surface area contributed by atoms with E-state index in [1.54, 1.807) is 0 Å². The Morgan fingerprint density at radius 2 is 2.18 bits per heavy atom. The summed E-state index contributed by atoms with van der Waals surface area (Å²) in [6.07, 6.45) is 5.22. The third kappa shape index (κ3) is 3.04. The average Bonchev–Trinajstić information content (AvgIpc) is 3.59. The molecule has 3 aromatic rings. The van der Waals surface area contributed by atoms with Gasteiger partial charge in [0.05, 0.1) is 17.1 Å². The van der Waals surface area contributed by atoms with Gasteiger partial charge in [0.2, 0.25) is 0 Å². The maximum Gasteiger partial charge on any atom is 0.184 e. The van der Waals surface area contributed by atoms with Crippen LogP contribution in [0.5, 0.6) is 0 Å². The van der Waals surface area contributed by atoms with Crippen molar-refractivity contribution >= 4 is 56.3 Å². The van der Waals surface area contributed by atoms with Crippen molar-refractivity contribution in [3.63, 3.8) is 0 Å². The average molecular weight is 500 g/mol. The van der Waals surface area contributed by atoms with E-state index in [4.69, 9.17) is 11.6 Å². The second-order valence-corrected chi connectivity index (χ2v) is 10.3. The molecule has 6 nitrogen and oxygen atoms in total. The number of nitrogens with zero attached hydrogens (tertiary/aromatic N) is 5. The number of nitrogens with one attached hydrogen (secondary N) is 1. The molecule has 0 atom stereocenters. The predicted molar refractivity (Wildman–Crippen MR) is 110 cm³/mol. The monoisotopic (exact) mass is 498 g/mol. The molecule has 2 fully saturated rings. The number of aromatic nitrogens is 4. The lowest BCUT2D eigenvalue weighted by Gasteiger charge is -2.13. The van der Waals surface area contributed by atoms with Crippen LogP contribution in [0, 0.1) is 11.3 Å². The zero-order valence-corrected chi connectivity index (χ0v) is 18.4. The summed E-state index contributed by atoms with van der Waals surface area (Å²) in [5.41, 5.74) is -0.153. The Kier molecular flexibility index (Phi) is 4.45. The van der Waals surface area contributed by atoms with Crippen molar-refractivity contribution in [3.05, 3.63) is 26.9 Å². The highest BCUT2D eigenvalue weighted by Gasteiger charge is 2.48. The molecule has 2 saturated carbocycles. The molecule has 28 heavy (non-hydrogen) atoms. The zero-order chi connectivity index (χ0) is 19.5. The fourth-order valence-corrected chi connectivity index (χ4v) is 6.01. The van der Waals surface area contributed by atoms with Gasteiger partial charge in [0, 0.05) is 15.6 Å². The van der Waals surface area contributed by atoms with Gasteiger partial charge in [-0.2, -0.15) is 5.26 Å². The first-order chi connectivity index (χ1) is 13.5. The molecule has 0 bridgehead atoms. The van der Waals surface area contributed by atoms with Gasteiger partial charge < -0.3 is 0 Å². The molecule has 0 amide bonds. The van der Waals surface area contributed by atoms with Gasteiger partial charge in [-0.1, -0.05) is 22.9 Å². The summed E-state index contributed by atoms with van der Waals surface area (Å²) in [7, 11) is 0. The van der Waals surface area contributed by atoms with Crippen molar-refractivity contribution in [1.29, 1.82) is 5.26 Å². The lowest BCUT2D eigenvalue weighted by atomic mass is 10.1. The zero-order valence-electron chi connectivity index (χ0n) is 14.4. The van der Waals surface area contributed by atoms with E-state index < -0.39 is 11.0 Å². The second kappa shape index (κ2) is 6.64. The maximum absolute atomic E-state index is 13.1. The van der Waals surface area contributed by atoms with Crippen LogP contribution in [-0.2, 0) is 5.41 Å². The van der Waals surface area contributed by atoms with Gasteiger partial charge in [-0.25, -0.2) is 9.37 Å². The van der Waals surface area contributed by atoms with Crippen molar-refractivity contribution in [1.82, 2.24) is 24.3 Å². The molecule has 0 spiro atoms. The van der Waals surface area contributed by atoms with Gasteiger partial charge in [0.15, 0.2) is 16.0 Å². The van der Waals surface area contributed by atoms with Crippen molar-refractivity contribution < 1.29 is 4.39 Å². The Morgan fingerprint density at radius 1 is 1.39 bits per heavy atom. The highest BCUT2D eigenvalue weighted by atomic mass is 79.9. The molecule has 0 aromatic carbocycles. The van der Waals surface area contributed by atoms with E-state index in [0.717, 1.165) is 45.6 Å². The van der Waals surface area contributed by atoms with Crippen LogP contribution in [-0.4, -0.2) is 31.8 Å². The normalized spacial score (nSPS) is 18.9. The number of alkyl halides is 1. The standard InChI is InChI=1S/C17H13BrClFN6S2/c18-10-5-9(28-25-17(7-20)3-4-17)6-26-11(10)12(19)22-13(26)14-23-24-15(27-14)16(8-21)1-2-16/h5-6,25H,1-4,7H2. The fourth-order valence-electron chi connectivity index (χ4n) is 2.90. The molecule has 0 radical (unpaired) electrons. The van der Waals surface area contributed by atoms with Crippen LogP contribution < -0.4 is 4.72 Å². The molecule has 2 aliphatic carbocycles. The number of rotatable bonds is 6. The molecule has 2 aliphatic rings. The minimum absolute atomic E-state index is 0.354. The molecule has 5 rings (SSSR count). The number of nitriles is 1. The molecule has 11 heteroatoms. The molecule has 3 heterocycles. The van der Waals surface area contributed by atoms with E-state index >= 15 is 0 Å². The summed E-state index contributed by atoms with van der Waals surface area (Å²) < 4.78 is 19.0. The third-order valence-electron chi connectivity index (χ3n) is 5.10. The smallest absolute Gasteiger partial charge is 0.184 e. The Morgan fingerprint density at radius 3 is 2.82 bits per heavy atom. The van der Waals surface area contributed by atoms with E-state index in [9.17, 15) is 9.65 Å². The Balaban J connectivity index is 1.53. The summed E-state index contributed by atoms with van der Waals surface area (Å²) in [5.74, 6) is 0.576. The molecular weight excluding hydrogens is 487 g/mol. The minimum Gasteiger partial charge on any atom is -0.294 e. The Labute approximate surface area is 181 Å². The lowest BCUT2D eigenvalue weighted by Crippen LogP contribution is -2.27. The quantitative estimate of drug-likeness (QED) is 0.485. The Bertz CT molecular complexity index is 1130. The largest absolute Gasteiger partial charge is 0.294 e. The summed E-state index contributed by atoms with van der Waals surface area (Å²) >= 11 is 12.7. The first-order valence-corrected chi connectivity index (χ1v) is 11.4. The van der Waals surface area contributed by atoms with Crippen LogP contribution in [0.1, 0.15) is 30.7 Å². The maximum atomic E-state index is 13.1. The first-order valence-electron chi connectivity index (χ1n) is 8.62. The van der Waals surface area contributed by atoms with Gasteiger partial charge in [0.25, 0.3) is 0 Å². The number of hydrogen-bond acceptors (Lipinski definition) is 7. The number of hydrogen-bond donors (Lipinski definition) is 1. The third-order valence-corrected chi connectivity index (χ3v) is 8.09. The van der Waals surface area contributed by atoms with Crippen LogP contribution in [0.3, 0.4) is 0 Å². The molecular formula is C17H13BrClFN6S2. The van der Waals surface area contributed by atoms with Crippen molar-refractivity contribution in [2.45, 2.75) is 41.5 Å². The molecule has 3 aromatic heterocycles. The molecule has 0 saturated heterocycles. The fraction of sp³-hybridized carbons (Fsp3) is 0.412. The lowest BCUT2D eigenvalue weighted by molar-refractivity contribution is 0.402. The predicted octanol–water partition coefficient (Wildman–Crippen LogP) is 4.92. The van der Waals surface area contributed by atoms with Crippen molar-refractivity contribution in [3.8, 4) is 16.9 Å². The molecule has 1 N–H and O–H groups in total. The summed E-state index contributed by atoms with van der Waals surface area (Å²) in [4.78, 5) is 5.37. The number of fused-ring (bicyclic) bond motifs is 1. The molecule has 0 aliphatic heterocycles. The summed E-state index contributed by atoms with van der Waals surface area (Å²) in [5, 5.41) is 19.6. The first kappa shape index (κ1) is 18.8. The number of imidazole rings is 1. The minimum atomic E-state index is -0.483. The Hall–Kier alpha value is -1.25. The number of halogens is 3. The SMILES string of the molecule is N#CC1(c2nnc(-c3nc(Cl)c4c(Br)cc(SNC5(CF)CC5)cn34)s2)CC1. The summed E-state index contributed by atoms with van der Waals surface area (Å²) in [6.45, 7) is -0.375. The van der Waals surface area contributed by atoms with E-state index in [1.165, 1.54) is 23.3 Å². The van der Waals surface area contributed by atoms with E-state index in [1.807, 2.05) is 16.7 Å². The van der Waals surface area contributed by atoms with Gasteiger partial charge in [0.1, 0.15) is 17.1 Å². The number of pyridine rings is 1. The van der Waals surface area contributed by atoms with E-state index in [-0.39, 0.29) is 6.67 Å². The highest BCUT2D eigenvalue weighted by Crippen LogP contribution is 2.49. The van der Waals surface area contributed by atoms with E-state index in [0.29, 0.717) is 16.0 Å². The van der Waals surface area contributed by atoms with Gasteiger partial charge in [-0.15, -0.1) is 10.2 Å². The van der Waals surface area contributed by atoms with Crippen LogP contribution in [0.15, 0.2) is 21.6 Å². The van der Waals surface area contributed by atoms with Crippen molar-refractivity contribution in [2.75, 3.05) is 6.67 Å².